The molecule has 18 heavy (non-hydrogen) atoms. The molecule has 0 aromatic carbocycles. The second-order valence-electron chi connectivity index (χ2n) is 5.22. The van der Waals surface area contributed by atoms with Gasteiger partial charge in [0.1, 0.15) is 0 Å². The highest BCUT2D eigenvalue weighted by Crippen LogP contribution is 2.29. The largest absolute Gasteiger partial charge is 0.374 e. The fraction of sp³-hybridized carbons (Fsp3) is 0.667. The zero-order valence-corrected chi connectivity index (χ0v) is 12.3. The highest BCUT2D eigenvalue weighted by atomic mass is 16.5. The Morgan fingerprint density at radius 1 is 1.33 bits per heavy atom. The van der Waals surface area contributed by atoms with Crippen LogP contribution < -0.4 is 5.32 Å². The van der Waals surface area contributed by atoms with Crippen molar-refractivity contribution < 1.29 is 4.74 Å². The second kappa shape index (κ2) is 6.86. The van der Waals surface area contributed by atoms with Crippen LogP contribution in [-0.2, 0) is 4.74 Å². The molecule has 0 saturated heterocycles. The molecule has 0 amide bonds. The molecule has 1 heterocycles. The number of aryl methyl sites for hydroxylation is 1. The molecule has 1 atom stereocenters. The number of nitrogens with one attached hydrogen (secondary N) is 1. The fourth-order valence-electron chi connectivity index (χ4n) is 2.25. The molecule has 1 aromatic heterocycles. The summed E-state index contributed by atoms with van der Waals surface area (Å²) < 4.78 is 5.89. The Balaban J connectivity index is 2.97. The maximum atomic E-state index is 5.89. The van der Waals surface area contributed by atoms with Crippen LogP contribution in [0, 0.1) is 6.92 Å². The monoisotopic (exact) mass is 250 g/mol. The van der Waals surface area contributed by atoms with Gasteiger partial charge >= 0.3 is 0 Å². The minimum atomic E-state index is -0.237. The van der Waals surface area contributed by atoms with Crippen LogP contribution in [0.4, 0.5) is 0 Å². The molecule has 0 saturated carbocycles. The average Bonchev–Trinajstić information content (AvgIpc) is 2.29. The number of hydrogen-bond donors (Lipinski definition) is 1. The van der Waals surface area contributed by atoms with Gasteiger partial charge in [-0.2, -0.15) is 0 Å². The fourth-order valence-corrected chi connectivity index (χ4v) is 2.25. The van der Waals surface area contributed by atoms with Crippen molar-refractivity contribution in [3.8, 4) is 0 Å². The first-order valence-corrected chi connectivity index (χ1v) is 6.80. The Labute approximate surface area is 111 Å². The van der Waals surface area contributed by atoms with Crippen LogP contribution in [0.5, 0.6) is 0 Å². The first-order chi connectivity index (χ1) is 8.51. The van der Waals surface area contributed by atoms with Gasteiger partial charge in [-0.25, -0.2) is 0 Å². The summed E-state index contributed by atoms with van der Waals surface area (Å²) >= 11 is 0. The molecule has 0 fully saturated rings. The SMILES string of the molecule is CCCNC(c1cncc(C)c1)C(C)(C)OCC. The zero-order valence-electron chi connectivity index (χ0n) is 12.3. The van der Waals surface area contributed by atoms with Crippen LogP contribution >= 0.6 is 0 Å². The number of hydrogen-bond acceptors (Lipinski definition) is 3. The van der Waals surface area contributed by atoms with Crippen molar-refractivity contribution in [2.24, 2.45) is 0 Å². The van der Waals surface area contributed by atoms with E-state index in [1.54, 1.807) is 0 Å². The van der Waals surface area contributed by atoms with Gasteiger partial charge in [-0.05, 0) is 51.8 Å². The molecule has 1 N–H and O–H groups in total. The van der Waals surface area contributed by atoms with Crippen LogP contribution in [0.15, 0.2) is 18.5 Å². The van der Waals surface area contributed by atoms with Crippen LogP contribution in [0.1, 0.15) is 51.3 Å². The molecule has 0 aliphatic carbocycles. The van der Waals surface area contributed by atoms with Gasteiger partial charge in [0.2, 0.25) is 0 Å². The van der Waals surface area contributed by atoms with Gasteiger partial charge in [0.15, 0.2) is 0 Å². The van der Waals surface area contributed by atoms with Crippen molar-refractivity contribution in [3.05, 3.63) is 29.6 Å². The molecule has 1 rings (SSSR count). The van der Waals surface area contributed by atoms with Crippen LogP contribution in [-0.4, -0.2) is 23.7 Å². The maximum Gasteiger partial charge on any atom is 0.0820 e. The molecule has 3 nitrogen and oxygen atoms in total. The van der Waals surface area contributed by atoms with Crippen molar-refractivity contribution in [1.82, 2.24) is 10.3 Å². The molecule has 0 radical (unpaired) electrons. The van der Waals surface area contributed by atoms with E-state index >= 15 is 0 Å². The van der Waals surface area contributed by atoms with Crippen LogP contribution in [0.25, 0.3) is 0 Å². The van der Waals surface area contributed by atoms with E-state index in [1.807, 2.05) is 19.3 Å². The Morgan fingerprint density at radius 3 is 2.61 bits per heavy atom. The van der Waals surface area contributed by atoms with E-state index in [-0.39, 0.29) is 11.6 Å². The lowest BCUT2D eigenvalue weighted by atomic mass is 9.91. The number of aromatic nitrogens is 1. The van der Waals surface area contributed by atoms with E-state index < -0.39 is 0 Å². The number of ether oxygens (including phenoxy) is 1. The lowest BCUT2D eigenvalue weighted by Crippen LogP contribution is -2.42. The third kappa shape index (κ3) is 4.07. The Bertz CT molecular complexity index is 363. The molecule has 102 valence electrons. The lowest BCUT2D eigenvalue weighted by Gasteiger charge is -2.35. The summed E-state index contributed by atoms with van der Waals surface area (Å²) in [5, 5.41) is 3.57. The topological polar surface area (TPSA) is 34.2 Å². The van der Waals surface area contributed by atoms with Crippen LogP contribution in [0.2, 0.25) is 0 Å². The molecule has 1 aromatic rings. The molecule has 0 aliphatic rings. The van der Waals surface area contributed by atoms with E-state index in [2.05, 4.69) is 44.1 Å². The summed E-state index contributed by atoms with van der Waals surface area (Å²) in [6, 6.07) is 2.35. The van der Waals surface area contributed by atoms with Gasteiger partial charge < -0.3 is 10.1 Å². The second-order valence-corrected chi connectivity index (χ2v) is 5.22. The van der Waals surface area contributed by atoms with Crippen molar-refractivity contribution in [2.45, 2.75) is 52.7 Å². The van der Waals surface area contributed by atoms with E-state index in [1.165, 1.54) is 11.1 Å². The standard InChI is InChI=1S/C15H26N2O/c1-6-8-17-14(15(4,5)18-7-2)13-9-12(3)10-16-11-13/h9-11,14,17H,6-8H2,1-5H3. The van der Waals surface area contributed by atoms with Gasteiger partial charge in [0.25, 0.3) is 0 Å². The first kappa shape index (κ1) is 15.1. The predicted molar refractivity (Wildman–Crippen MR) is 75.7 cm³/mol. The van der Waals surface area contributed by atoms with Crippen molar-refractivity contribution in [2.75, 3.05) is 13.2 Å². The third-order valence-electron chi connectivity index (χ3n) is 3.04. The maximum absolute atomic E-state index is 5.89. The van der Waals surface area contributed by atoms with E-state index in [9.17, 15) is 0 Å². The predicted octanol–water partition coefficient (Wildman–Crippen LogP) is 3.25. The highest BCUT2D eigenvalue weighted by Gasteiger charge is 2.31. The van der Waals surface area contributed by atoms with E-state index in [0.717, 1.165) is 19.6 Å². The van der Waals surface area contributed by atoms with Gasteiger partial charge in [-0.1, -0.05) is 13.0 Å². The van der Waals surface area contributed by atoms with Crippen molar-refractivity contribution in [3.63, 3.8) is 0 Å². The Kier molecular flexibility index (Phi) is 5.76. The van der Waals surface area contributed by atoms with Gasteiger partial charge in [0, 0.05) is 19.0 Å². The molecule has 3 heteroatoms. The number of nitrogens with zero attached hydrogens (tertiary/aromatic N) is 1. The smallest absolute Gasteiger partial charge is 0.0820 e. The molecule has 0 bridgehead atoms. The summed E-state index contributed by atoms with van der Waals surface area (Å²) in [5.41, 5.74) is 2.14. The van der Waals surface area contributed by atoms with Crippen molar-refractivity contribution >= 4 is 0 Å². The number of rotatable bonds is 7. The zero-order chi connectivity index (χ0) is 13.6. The summed E-state index contributed by atoms with van der Waals surface area (Å²) in [6.45, 7) is 12.2. The highest BCUT2D eigenvalue weighted by molar-refractivity contribution is 5.22. The third-order valence-corrected chi connectivity index (χ3v) is 3.04. The minimum absolute atomic E-state index is 0.171. The average molecular weight is 250 g/mol. The molecule has 0 spiro atoms. The normalized spacial score (nSPS) is 13.6. The lowest BCUT2D eigenvalue weighted by molar-refractivity contribution is -0.0392. The summed E-state index contributed by atoms with van der Waals surface area (Å²) in [5.74, 6) is 0. The molecule has 1 unspecified atom stereocenters. The summed E-state index contributed by atoms with van der Waals surface area (Å²) in [4.78, 5) is 4.29. The Morgan fingerprint density at radius 2 is 2.06 bits per heavy atom. The van der Waals surface area contributed by atoms with Crippen molar-refractivity contribution in [1.29, 1.82) is 0 Å². The van der Waals surface area contributed by atoms with Crippen LogP contribution in [0.3, 0.4) is 0 Å². The Hall–Kier alpha value is -0.930. The van der Waals surface area contributed by atoms with Gasteiger partial charge in [0.05, 0.1) is 11.6 Å². The minimum Gasteiger partial charge on any atom is -0.374 e. The summed E-state index contributed by atoms with van der Waals surface area (Å²) in [6.07, 6.45) is 4.92. The summed E-state index contributed by atoms with van der Waals surface area (Å²) in [7, 11) is 0. The molecular weight excluding hydrogens is 224 g/mol. The first-order valence-electron chi connectivity index (χ1n) is 6.80. The van der Waals surface area contributed by atoms with E-state index in [0.29, 0.717) is 0 Å². The van der Waals surface area contributed by atoms with Gasteiger partial charge in [-0.15, -0.1) is 0 Å². The number of pyridine rings is 1. The quantitative estimate of drug-likeness (QED) is 0.806. The molecular formula is C15H26N2O. The van der Waals surface area contributed by atoms with E-state index in [4.69, 9.17) is 4.74 Å². The molecule has 0 aliphatic heterocycles. The van der Waals surface area contributed by atoms with Gasteiger partial charge in [-0.3, -0.25) is 4.98 Å².